The number of halogens is 3. The first-order chi connectivity index (χ1) is 9.40. The van der Waals surface area contributed by atoms with Crippen LogP contribution < -0.4 is 0 Å². The number of nitrogens with zero attached hydrogens (tertiary/aromatic N) is 3. The molecule has 1 aromatic rings. The summed E-state index contributed by atoms with van der Waals surface area (Å²) in [5.74, 6) is -0.247. The van der Waals surface area contributed by atoms with Crippen LogP contribution in [0.5, 0.6) is 0 Å². The molecule has 0 aromatic carbocycles. The SMILES string of the molecule is CC[C@H]1CN(C(=O)Cn2ccc(C(F)(F)F)n2)CCO1. The summed E-state index contributed by atoms with van der Waals surface area (Å²) in [6, 6.07) is 0.863. The zero-order chi connectivity index (χ0) is 14.8. The highest BCUT2D eigenvalue weighted by atomic mass is 19.4. The lowest BCUT2D eigenvalue weighted by molar-refractivity contribution is -0.143. The fourth-order valence-corrected chi connectivity index (χ4v) is 2.03. The lowest BCUT2D eigenvalue weighted by atomic mass is 10.2. The predicted octanol–water partition coefficient (Wildman–Crippen LogP) is 1.54. The van der Waals surface area contributed by atoms with Gasteiger partial charge in [0, 0.05) is 19.3 Å². The first-order valence-electron chi connectivity index (χ1n) is 6.40. The van der Waals surface area contributed by atoms with Crippen molar-refractivity contribution in [2.24, 2.45) is 0 Å². The number of carbonyl (C=O) groups is 1. The minimum absolute atomic E-state index is 0.00365. The summed E-state index contributed by atoms with van der Waals surface area (Å²) in [4.78, 5) is 13.6. The molecular formula is C12H16F3N3O2. The summed E-state index contributed by atoms with van der Waals surface area (Å²) in [6.07, 6.45) is -2.53. The second-order valence-electron chi connectivity index (χ2n) is 4.64. The number of hydrogen-bond acceptors (Lipinski definition) is 3. The Morgan fingerprint density at radius 1 is 1.55 bits per heavy atom. The van der Waals surface area contributed by atoms with Gasteiger partial charge in [-0.15, -0.1) is 0 Å². The number of aromatic nitrogens is 2. The van der Waals surface area contributed by atoms with Crippen molar-refractivity contribution in [3.05, 3.63) is 18.0 Å². The van der Waals surface area contributed by atoms with Crippen LogP contribution in [-0.4, -0.2) is 46.4 Å². The average Bonchev–Trinajstić information content (AvgIpc) is 2.87. The summed E-state index contributed by atoms with van der Waals surface area (Å²) < 4.78 is 43.7. The van der Waals surface area contributed by atoms with Gasteiger partial charge in [-0.3, -0.25) is 9.48 Å². The quantitative estimate of drug-likeness (QED) is 0.848. The Bertz CT molecular complexity index is 473. The maximum atomic E-state index is 12.4. The highest BCUT2D eigenvalue weighted by Gasteiger charge is 2.33. The van der Waals surface area contributed by atoms with E-state index in [0.717, 1.165) is 17.2 Å². The van der Waals surface area contributed by atoms with Crippen LogP contribution in [0.3, 0.4) is 0 Å². The summed E-state index contributed by atoms with van der Waals surface area (Å²) in [6.45, 7) is 3.16. The van der Waals surface area contributed by atoms with Crippen molar-refractivity contribution >= 4 is 5.91 Å². The first-order valence-corrected chi connectivity index (χ1v) is 6.40. The molecule has 1 aliphatic rings. The van der Waals surface area contributed by atoms with E-state index in [4.69, 9.17) is 4.74 Å². The lowest BCUT2D eigenvalue weighted by Crippen LogP contribution is -2.46. The minimum Gasteiger partial charge on any atom is -0.375 e. The predicted molar refractivity (Wildman–Crippen MR) is 63.8 cm³/mol. The molecule has 0 radical (unpaired) electrons. The highest BCUT2D eigenvalue weighted by molar-refractivity contribution is 5.76. The molecule has 1 aliphatic heterocycles. The maximum Gasteiger partial charge on any atom is 0.435 e. The van der Waals surface area contributed by atoms with E-state index in [-0.39, 0.29) is 18.6 Å². The van der Waals surface area contributed by atoms with Gasteiger partial charge in [-0.25, -0.2) is 0 Å². The summed E-state index contributed by atoms with van der Waals surface area (Å²) >= 11 is 0. The van der Waals surface area contributed by atoms with Crippen LogP contribution in [0, 0.1) is 0 Å². The van der Waals surface area contributed by atoms with E-state index in [0.29, 0.717) is 19.7 Å². The standard InChI is InChI=1S/C12H16F3N3O2/c1-2-9-7-17(5-6-20-9)11(19)8-18-4-3-10(16-18)12(13,14)15/h3-4,9H,2,5-8H2,1H3/t9-/m0/s1. The van der Waals surface area contributed by atoms with Gasteiger partial charge in [0.15, 0.2) is 5.69 Å². The number of alkyl halides is 3. The maximum absolute atomic E-state index is 12.4. The van der Waals surface area contributed by atoms with Gasteiger partial charge in [0.1, 0.15) is 6.54 Å². The molecule has 2 heterocycles. The van der Waals surface area contributed by atoms with Crippen LogP contribution in [-0.2, 0) is 22.3 Å². The van der Waals surface area contributed by atoms with Crippen LogP contribution in [0.4, 0.5) is 13.2 Å². The van der Waals surface area contributed by atoms with Crippen molar-refractivity contribution in [1.29, 1.82) is 0 Å². The van der Waals surface area contributed by atoms with Crippen LogP contribution in [0.1, 0.15) is 19.0 Å². The number of hydrogen-bond donors (Lipinski definition) is 0. The van der Waals surface area contributed by atoms with Crippen molar-refractivity contribution in [2.45, 2.75) is 32.2 Å². The number of morpholine rings is 1. The molecule has 0 N–H and O–H groups in total. The number of rotatable bonds is 3. The van der Waals surface area contributed by atoms with E-state index in [9.17, 15) is 18.0 Å². The Kier molecular flexibility index (Phi) is 4.32. The molecule has 1 fully saturated rings. The Labute approximate surface area is 114 Å². The van der Waals surface area contributed by atoms with Crippen molar-refractivity contribution in [3.8, 4) is 0 Å². The molecule has 8 heteroatoms. The molecule has 112 valence electrons. The van der Waals surface area contributed by atoms with Crippen LogP contribution in [0.2, 0.25) is 0 Å². The molecule has 0 spiro atoms. The first kappa shape index (κ1) is 14.8. The number of carbonyl (C=O) groups excluding carboxylic acids is 1. The van der Waals surface area contributed by atoms with Crippen molar-refractivity contribution in [1.82, 2.24) is 14.7 Å². The smallest absolute Gasteiger partial charge is 0.375 e. The third-order valence-electron chi connectivity index (χ3n) is 3.18. The topological polar surface area (TPSA) is 47.4 Å². The Morgan fingerprint density at radius 3 is 2.90 bits per heavy atom. The third kappa shape index (κ3) is 3.50. The third-order valence-corrected chi connectivity index (χ3v) is 3.18. The molecule has 1 amide bonds. The van der Waals surface area contributed by atoms with E-state index in [1.54, 1.807) is 4.90 Å². The molecule has 20 heavy (non-hydrogen) atoms. The molecule has 1 saturated heterocycles. The van der Waals surface area contributed by atoms with Crippen LogP contribution in [0.15, 0.2) is 12.3 Å². The number of amides is 1. The fraction of sp³-hybridized carbons (Fsp3) is 0.667. The van der Waals surface area contributed by atoms with E-state index in [1.165, 1.54) is 6.20 Å². The van der Waals surface area contributed by atoms with Gasteiger partial charge < -0.3 is 9.64 Å². The lowest BCUT2D eigenvalue weighted by Gasteiger charge is -2.32. The zero-order valence-electron chi connectivity index (χ0n) is 11.1. The zero-order valence-corrected chi connectivity index (χ0v) is 11.1. The molecule has 1 atom stereocenters. The Hall–Kier alpha value is -1.57. The molecule has 5 nitrogen and oxygen atoms in total. The molecule has 0 unspecified atom stereocenters. The van der Waals surface area contributed by atoms with Crippen molar-refractivity contribution < 1.29 is 22.7 Å². The van der Waals surface area contributed by atoms with Crippen molar-refractivity contribution in [2.75, 3.05) is 19.7 Å². The summed E-state index contributed by atoms with van der Waals surface area (Å²) in [5.41, 5.74) is -0.987. The van der Waals surface area contributed by atoms with Gasteiger partial charge in [0.2, 0.25) is 5.91 Å². The second-order valence-corrected chi connectivity index (χ2v) is 4.64. The van der Waals surface area contributed by atoms with Crippen LogP contribution >= 0.6 is 0 Å². The highest BCUT2D eigenvalue weighted by Crippen LogP contribution is 2.27. The fourth-order valence-electron chi connectivity index (χ4n) is 2.03. The normalized spacial score (nSPS) is 20.2. The van der Waals surface area contributed by atoms with Gasteiger partial charge in [0.05, 0.1) is 12.7 Å². The molecular weight excluding hydrogens is 275 g/mol. The van der Waals surface area contributed by atoms with Gasteiger partial charge in [-0.1, -0.05) is 6.92 Å². The van der Waals surface area contributed by atoms with Crippen LogP contribution in [0.25, 0.3) is 0 Å². The molecule has 0 bridgehead atoms. The number of ether oxygens (including phenoxy) is 1. The molecule has 0 aliphatic carbocycles. The van der Waals surface area contributed by atoms with E-state index in [2.05, 4.69) is 5.10 Å². The van der Waals surface area contributed by atoms with E-state index in [1.807, 2.05) is 6.92 Å². The van der Waals surface area contributed by atoms with Gasteiger partial charge in [-0.2, -0.15) is 18.3 Å². The summed E-state index contributed by atoms with van der Waals surface area (Å²) in [5, 5.41) is 3.37. The van der Waals surface area contributed by atoms with Gasteiger partial charge in [0.25, 0.3) is 0 Å². The van der Waals surface area contributed by atoms with Crippen molar-refractivity contribution in [3.63, 3.8) is 0 Å². The average molecular weight is 291 g/mol. The van der Waals surface area contributed by atoms with E-state index >= 15 is 0 Å². The van der Waals surface area contributed by atoms with E-state index < -0.39 is 11.9 Å². The second kappa shape index (κ2) is 5.82. The largest absolute Gasteiger partial charge is 0.435 e. The monoisotopic (exact) mass is 291 g/mol. The minimum atomic E-state index is -4.49. The Balaban J connectivity index is 1.96. The Morgan fingerprint density at radius 2 is 2.30 bits per heavy atom. The molecule has 1 aromatic heterocycles. The van der Waals surface area contributed by atoms with Gasteiger partial charge >= 0.3 is 6.18 Å². The molecule has 0 saturated carbocycles. The van der Waals surface area contributed by atoms with Gasteiger partial charge in [-0.05, 0) is 12.5 Å². The summed E-state index contributed by atoms with van der Waals surface area (Å²) in [7, 11) is 0. The molecule has 2 rings (SSSR count).